The van der Waals surface area contributed by atoms with Crippen LogP contribution in [0.5, 0.6) is 5.75 Å². The van der Waals surface area contributed by atoms with Crippen molar-refractivity contribution in [3.8, 4) is 5.75 Å². The van der Waals surface area contributed by atoms with Crippen LogP contribution in [0.2, 0.25) is 0 Å². The third kappa shape index (κ3) is 4.59. The second-order valence-corrected chi connectivity index (χ2v) is 7.84. The van der Waals surface area contributed by atoms with Crippen LogP contribution in [0.1, 0.15) is 22.1 Å². The molecule has 0 unspecified atom stereocenters. The number of hydrogen-bond acceptors (Lipinski definition) is 3. The topological polar surface area (TPSA) is 9.23 Å². The molecule has 1 heterocycles. The normalized spacial score (nSPS) is 16.0. The van der Waals surface area contributed by atoms with Crippen molar-refractivity contribution in [2.75, 3.05) is 18.1 Å². The lowest BCUT2D eigenvalue weighted by Gasteiger charge is -2.21. The average molecular weight is 329 g/mol. The summed E-state index contributed by atoms with van der Waals surface area (Å²) < 4.78 is 6.37. The minimum absolute atomic E-state index is 0.598. The first kappa shape index (κ1) is 15.6. The van der Waals surface area contributed by atoms with E-state index in [-0.39, 0.29) is 0 Å². The largest absolute Gasteiger partial charge is 0.490 e. The molecule has 0 radical (unpaired) electrons. The zero-order chi connectivity index (χ0) is 15.0. The van der Waals surface area contributed by atoms with Crippen LogP contribution >= 0.6 is 23.5 Å². The van der Waals surface area contributed by atoms with Gasteiger partial charge in [-0.3, -0.25) is 0 Å². The second kappa shape index (κ2) is 8.35. The molecule has 2 aromatic rings. The van der Waals surface area contributed by atoms with Crippen molar-refractivity contribution < 1.29 is 4.74 Å². The first-order valence-corrected chi connectivity index (χ1v) is 9.69. The molecule has 22 heavy (non-hydrogen) atoms. The molecule has 1 aliphatic rings. The highest BCUT2D eigenvalue weighted by molar-refractivity contribution is 8.16. The van der Waals surface area contributed by atoms with Crippen molar-refractivity contribution in [2.24, 2.45) is 0 Å². The van der Waals surface area contributed by atoms with Crippen LogP contribution in [-0.4, -0.2) is 18.1 Å². The molecule has 1 fully saturated rings. The van der Waals surface area contributed by atoms with Gasteiger partial charge in [-0.2, -0.15) is 0 Å². The van der Waals surface area contributed by atoms with Crippen LogP contribution in [0.3, 0.4) is 0 Å². The lowest BCUT2D eigenvalue weighted by molar-refractivity contribution is 0.363. The molecule has 0 aromatic heterocycles. The SMILES string of the molecule is C(=C\c1ccccc1)/COc1ccc(C2SCCCS2)cc1. The first-order chi connectivity index (χ1) is 10.9. The minimum Gasteiger partial charge on any atom is -0.490 e. The van der Waals surface area contributed by atoms with Crippen molar-refractivity contribution in [1.82, 2.24) is 0 Å². The second-order valence-electron chi connectivity index (χ2n) is 5.12. The van der Waals surface area contributed by atoms with Gasteiger partial charge in [-0.15, -0.1) is 23.5 Å². The fourth-order valence-electron chi connectivity index (χ4n) is 2.29. The molecule has 1 nitrogen and oxygen atoms in total. The van der Waals surface area contributed by atoms with E-state index in [1.807, 2.05) is 18.2 Å². The molecule has 0 amide bonds. The molecule has 0 spiro atoms. The maximum absolute atomic E-state index is 5.77. The van der Waals surface area contributed by atoms with Crippen molar-refractivity contribution in [3.63, 3.8) is 0 Å². The van der Waals surface area contributed by atoms with E-state index in [4.69, 9.17) is 4.74 Å². The van der Waals surface area contributed by atoms with Gasteiger partial charge in [0.1, 0.15) is 12.4 Å². The molecule has 3 rings (SSSR count). The van der Waals surface area contributed by atoms with Crippen LogP contribution < -0.4 is 4.74 Å². The smallest absolute Gasteiger partial charge is 0.119 e. The zero-order valence-corrected chi connectivity index (χ0v) is 14.1. The van der Waals surface area contributed by atoms with Crippen LogP contribution in [0, 0.1) is 0 Å². The quantitative estimate of drug-likeness (QED) is 0.702. The van der Waals surface area contributed by atoms with Crippen LogP contribution in [0.4, 0.5) is 0 Å². The van der Waals surface area contributed by atoms with E-state index in [0.29, 0.717) is 11.2 Å². The minimum atomic E-state index is 0.598. The predicted molar refractivity (Wildman–Crippen MR) is 99.7 cm³/mol. The third-order valence-corrected chi connectivity index (χ3v) is 6.45. The number of rotatable bonds is 5. The van der Waals surface area contributed by atoms with E-state index in [1.54, 1.807) is 0 Å². The Morgan fingerprint density at radius 3 is 2.41 bits per heavy atom. The summed E-state index contributed by atoms with van der Waals surface area (Å²) in [5.74, 6) is 3.49. The Hall–Kier alpha value is -1.32. The van der Waals surface area contributed by atoms with Crippen LogP contribution in [-0.2, 0) is 0 Å². The summed E-state index contributed by atoms with van der Waals surface area (Å²) in [5, 5.41) is 0. The highest BCUT2D eigenvalue weighted by atomic mass is 32.2. The number of hydrogen-bond donors (Lipinski definition) is 0. The monoisotopic (exact) mass is 328 g/mol. The van der Waals surface area contributed by atoms with E-state index in [1.165, 1.54) is 29.1 Å². The van der Waals surface area contributed by atoms with Crippen molar-refractivity contribution in [2.45, 2.75) is 11.0 Å². The van der Waals surface area contributed by atoms with Crippen LogP contribution in [0.15, 0.2) is 60.7 Å². The summed E-state index contributed by atoms with van der Waals surface area (Å²) in [4.78, 5) is 0. The molecular weight excluding hydrogens is 308 g/mol. The molecule has 1 saturated heterocycles. The third-order valence-electron chi connectivity index (χ3n) is 3.44. The van der Waals surface area contributed by atoms with Gasteiger partial charge >= 0.3 is 0 Å². The van der Waals surface area contributed by atoms with Gasteiger partial charge < -0.3 is 4.74 Å². The maximum atomic E-state index is 5.77. The standard InChI is InChI=1S/C19H20OS2/c1-2-6-16(7-3-1)8-4-13-20-18-11-9-17(10-12-18)19-21-14-5-15-22-19/h1-4,6-12,19H,5,13-15H2/b8-4+. The molecule has 114 valence electrons. The van der Waals surface area contributed by atoms with E-state index in [0.717, 1.165) is 5.75 Å². The molecular formula is C19H20OS2. The van der Waals surface area contributed by atoms with Gasteiger partial charge in [-0.25, -0.2) is 0 Å². The molecule has 0 aliphatic carbocycles. The number of ether oxygens (including phenoxy) is 1. The first-order valence-electron chi connectivity index (χ1n) is 7.59. The summed E-state index contributed by atoms with van der Waals surface area (Å²) in [5.41, 5.74) is 2.61. The van der Waals surface area contributed by atoms with E-state index in [2.05, 4.69) is 72.1 Å². The predicted octanol–water partition coefficient (Wildman–Crippen LogP) is 5.65. The van der Waals surface area contributed by atoms with Gasteiger partial charge in [0.25, 0.3) is 0 Å². The Morgan fingerprint density at radius 1 is 0.955 bits per heavy atom. The van der Waals surface area contributed by atoms with Gasteiger partial charge in [0.05, 0.1) is 4.58 Å². The molecule has 3 heteroatoms. The molecule has 0 bridgehead atoms. The lowest BCUT2D eigenvalue weighted by Crippen LogP contribution is -2.00. The highest BCUT2D eigenvalue weighted by Crippen LogP contribution is 2.43. The van der Waals surface area contributed by atoms with Crippen molar-refractivity contribution in [3.05, 3.63) is 71.8 Å². The Balaban J connectivity index is 1.49. The Labute approximate surface area is 141 Å². The molecule has 0 saturated carbocycles. The molecule has 1 aliphatic heterocycles. The van der Waals surface area contributed by atoms with Gasteiger partial charge in [-0.05, 0) is 47.3 Å². The van der Waals surface area contributed by atoms with Crippen molar-refractivity contribution >= 4 is 29.6 Å². The highest BCUT2D eigenvalue weighted by Gasteiger charge is 2.16. The average Bonchev–Trinajstić information content (AvgIpc) is 2.61. The summed E-state index contributed by atoms with van der Waals surface area (Å²) in [6.07, 6.45) is 5.47. The van der Waals surface area contributed by atoms with Gasteiger partial charge in [0.15, 0.2) is 0 Å². The Morgan fingerprint density at radius 2 is 1.68 bits per heavy atom. The molecule has 0 N–H and O–H groups in total. The lowest BCUT2D eigenvalue weighted by atomic mass is 10.2. The van der Waals surface area contributed by atoms with E-state index >= 15 is 0 Å². The molecule has 0 atom stereocenters. The maximum Gasteiger partial charge on any atom is 0.119 e. The summed E-state index contributed by atoms with van der Waals surface area (Å²) in [6.45, 7) is 0.598. The number of thioether (sulfide) groups is 2. The Kier molecular flexibility index (Phi) is 5.91. The zero-order valence-electron chi connectivity index (χ0n) is 12.5. The van der Waals surface area contributed by atoms with E-state index < -0.39 is 0 Å². The van der Waals surface area contributed by atoms with Crippen molar-refractivity contribution in [1.29, 1.82) is 0 Å². The summed E-state index contributed by atoms with van der Waals surface area (Å²) in [6, 6.07) is 18.9. The fraction of sp³-hybridized carbons (Fsp3) is 0.263. The number of benzene rings is 2. The van der Waals surface area contributed by atoms with Gasteiger partial charge in [0, 0.05) is 0 Å². The Bertz CT molecular complexity index is 587. The molecule has 2 aromatic carbocycles. The summed E-state index contributed by atoms with van der Waals surface area (Å²) >= 11 is 4.10. The summed E-state index contributed by atoms with van der Waals surface area (Å²) in [7, 11) is 0. The van der Waals surface area contributed by atoms with Gasteiger partial charge in [-0.1, -0.05) is 48.5 Å². The van der Waals surface area contributed by atoms with E-state index in [9.17, 15) is 0 Å². The van der Waals surface area contributed by atoms with Crippen LogP contribution in [0.25, 0.3) is 6.08 Å². The fourth-order valence-corrected chi connectivity index (χ4v) is 5.19. The van der Waals surface area contributed by atoms with Gasteiger partial charge in [0.2, 0.25) is 0 Å².